The highest BCUT2D eigenvalue weighted by Gasteiger charge is 2.24. The van der Waals surface area contributed by atoms with Crippen LogP contribution in [0.5, 0.6) is 0 Å². The summed E-state index contributed by atoms with van der Waals surface area (Å²) in [6, 6.07) is 0.132. The SMILES string of the molecule is CCn1c(SCC(=O)N[C@@H](C)C(C)C)nc2sc3c(c2c1=O)CC[C@H](C)C3. The molecule has 0 aliphatic heterocycles. The Labute approximate surface area is 169 Å². The number of amides is 1. The molecule has 3 rings (SSSR count). The highest BCUT2D eigenvalue weighted by molar-refractivity contribution is 7.99. The summed E-state index contributed by atoms with van der Waals surface area (Å²) in [7, 11) is 0. The molecule has 0 aromatic carbocycles. The predicted octanol–water partition coefficient (Wildman–Crippen LogP) is 3.86. The van der Waals surface area contributed by atoms with Crippen molar-refractivity contribution in [2.45, 2.75) is 71.6 Å². The Kier molecular flexibility index (Phi) is 6.31. The van der Waals surface area contributed by atoms with Crippen LogP contribution in [-0.4, -0.2) is 27.3 Å². The van der Waals surface area contributed by atoms with Crippen LogP contribution in [0.1, 0.15) is 51.5 Å². The minimum absolute atomic E-state index is 0.0162. The second-order valence-electron chi connectivity index (χ2n) is 7.86. The summed E-state index contributed by atoms with van der Waals surface area (Å²) in [6.45, 7) is 11.0. The van der Waals surface area contributed by atoms with Crippen molar-refractivity contribution < 1.29 is 4.79 Å². The molecule has 2 heterocycles. The number of hydrogen-bond donors (Lipinski definition) is 1. The van der Waals surface area contributed by atoms with Gasteiger partial charge < -0.3 is 5.32 Å². The van der Waals surface area contributed by atoms with Gasteiger partial charge in [-0.15, -0.1) is 11.3 Å². The third kappa shape index (κ3) is 4.24. The van der Waals surface area contributed by atoms with E-state index in [1.54, 1.807) is 15.9 Å². The molecule has 2 aromatic rings. The average Bonchev–Trinajstić information content (AvgIpc) is 2.97. The summed E-state index contributed by atoms with van der Waals surface area (Å²) in [4.78, 5) is 32.3. The van der Waals surface area contributed by atoms with E-state index in [0.717, 1.165) is 29.5 Å². The van der Waals surface area contributed by atoms with E-state index in [0.29, 0.717) is 23.5 Å². The first-order valence-corrected chi connectivity index (χ1v) is 11.6. The minimum atomic E-state index is -0.0162. The van der Waals surface area contributed by atoms with Gasteiger partial charge in [-0.05, 0) is 50.5 Å². The van der Waals surface area contributed by atoms with Crippen molar-refractivity contribution in [2.24, 2.45) is 11.8 Å². The quantitative estimate of drug-likeness (QED) is 0.583. The molecule has 0 radical (unpaired) electrons. The van der Waals surface area contributed by atoms with Gasteiger partial charge in [0.05, 0.1) is 11.1 Å². The maximum absolute atomic E-state index is 13.1. The maximum atomic E-state index is 13.1. The second-order valence-corrected chi connectivity index (χ2v) is 9.89. The van der Waals surface area contributed by atoms with E-state index in [-0.39, 0.29) is 23.3 Å². The van der Waals surface area contributed by atoms with Crippen molar-refractivity contribution in [3.05, 3.63) is 20.8 Å². The number of carbonyl (C=O) groups is 1. The Morgan fingerprint density at radius 1 is 1.41 bits per heavy atom. The van der Waals surface area contributed by atoms with Gasteiger partial charge in [0, 0.05) is 17.5 Å². The lowest BCUT2D eigenvalue weighted by Crippen LogP contribution is -2.37. The van der Waals surface area contributed by atoms with Gasteiger partial charge in [-0.1, -0.05) is 32.5 Å². The molecule has 0 unspecified atom stereocenters. The molecule has 0 saturated heterocycles. The molecule has 5 nitrogen and oxygen atoms in total. The number of rotatable bonds is 6. The van der Waals surface area contributed by atoms with Gasteiger partial charge in [-0.3, -0.25) is 14.2 Å². The van der Waals surface area contributed by atoms with Gasteiger partial charge in [-0.25, -0.2) is 4.98 Å². The van der Waals surface area contributed by atoms with Crippen molar-refractivity contribution >= 4 is 39.2 Å². The lowest BCUT2D eigenvalue weighted by Gasteiger charge is -2.18. The Bertz CT molecular complexity index is 901. The fraction of sp³-hybridized carbons (Fsp3) is 0.650. The fourth-order valence-electron chi connectivity index (χ4n) is 3.39. The van der Waals surface area contributed by atoms with Crippen LogP contribution >= 0.6 is 23.1 Å². The zero-order chi connectivity index (χ0) is 19.7. The van der Waals surface area contributed by atoms with E-state index < -0.39 is 0 Å². The summed E-state index contributed by atoms with van der Waals surface area (Å²) in [5, 5.41) is 4.47. The first-order valence-electron chi connectivity index (χ1n) is 9.79. The van der Waals surface area contributed by atoms with Crippen LogP contribution in [0.4, 0.5) is 0 Å². The van der Waals surface area contributed by atoms with Gasteiger partial charge in [-0.2, -0.15) is 0 Å². The molecule has 2 aromatic heterocycles. The van der Waals surface area contributed by atoms with Crippen LogP contribution in [-0.2, 0) is 24.2 Å². The topological polar surface area (TPSA) is 64.0 Å². The smallest absolute Gasteiger partial charge is 0.263 e. The summed E-state index contributed by atoms with van der Waals surface area (Å²) in [6.07, 6.45) is 3.15. The summed E-state index contributed by atoms with van der Waals surface area (Å²) < 4.78 is 1.72. The zero-order valence-electron chi connectivity index (χ0n) is 16.8. The van der Waals surface area contributed by atoms with Crippen LogP contribution in [0.3, 0.4) is 0 Å². The Hall–Kier alpha value is -1.34. The number of fused-ring (bicyclic) bond motifs is 3. The van der Waals surface area contributed by atoms with Crippen LogP contribution < -0.4 is 10.9 Å². The van der Waals surface area contributed by atoms with Gasteiger partial charge in [0.15, 0.2) is 5.16 Å². The lowest BCUT2D eigenvalue weighted by atomic mass is 9.89. The first-order chi connectivity index (χ1) is 12.8. The third-order valence-electron chi connectivity index (χ3n) is 5.42. The van der Waals surface area contributed by atoms with Gasteiger partial charge in [0.2, 0.25) is 5.91 Å². The molecule has 7 heteroatoms. The Balaban J connectivity index is 1.88. The number of nitrogens with one attached hydrogen (secondary N) is 1. The van der Waals surface area contributed by atoms with Gasteiger partial charge in [0.25, 0.3) is 5.56 Å². The highest BCUT2D eigenvalue weighted by Crippen LogP contribution is 2.36. The van der Waals surface area contributed by atoms with Crippen LogP contribution in [0.2, 0.25) is 0 Å². The maximum Gasteiger partial charge on any atom is 0.263 e. The van der Waals surface area contributed by atoms with Crippen molar-refractivity contribution in [2.75, 3.05) is 5.75 Å². The van der Waals surface area contributed by atoms with E-state index in [9.17, 15) is 9.59 Å². The molecule has 0 fully saturated rings. The molecule has 1 amide bonds. The minimum Gasteiger partial charge on any atom is -0.353 e. The largest absolute Gasteiger partial charge is 0.353 e. The average molecular weight is 408 g/mol. The molecule has 27 heavy (non-hydrogen) atoms. The summed E-state index contributed by atoms with van der Waals surface area (Å²) in [5.74, 6) is 1.32. The van der Waals surface area contributed by atoms with Crippen molar-refractivity contribution in [1.82, 2.24) is 14.9 Å². The Morgan fingerprint density at radius 3 is 2.81 bits per heavy atom. The summed E-state index contributed by atoms with van der Waals surface area (Å²) >= 11 is 3.02. The van der Waals surface area contributed by atoms with E-state index in [1.165, 1.54) is 22.2 Å². The molecule has 1 aliphatic carbocycles. The van der Waals surface area contributed by atoms with Crippen LogP contribution in [0.15, 0.2) is 9.95 Å². The number of thiophene rings is 1. The number of carbonyl (C=O) groups excluding carboxylic acids is 1. The molecular formula is C20H29N3O2S2. The van der Waals surface area contributed by atoms with Crippen LogP contribution in [0, 0.1) is 11.8 Å². The standard InChI is InChI=1S/C20H29N3O2S2/c1-6-23-19(25)17-14-8-7-12(4)9-15(14)27-18(17)22-20(23)26-10-16(24)21-13(5)11(2)3/h11-13H,6-10H2,1-5H3,(H,21,24)/t12-,13-/m0/s1. The fourth-order valence-corrected chi connectivity index (χ4v) is 5.68. The first kappa shape index (κ1) is 20.4. The monoisotopic (exact) mass is 407 g/mol. The van der Waals surface area contributed by atoms with Gasteiger partial charge >= 0.3 is 0 Å². The number of thioether (sulfide) groups is 1. The molecule has 148 valence electrons. The molecule has 2 atom stereocenters. The molecule has 0 spiro atoms. The normalized spacial score (nSPS) is 17.9. The molecule has 1 N–H and O–H groups in total. The lowest BCUT2D eigenvalue weighted by molar-refractivity contribution is -0.119. The molecule has 0 saturated carbocycles. The van der Waals surface area contributed by atoms with E-state index in [2.05, 4.69) is 26.1 Å². The molecule has 0 bridgehead atoms. The van der Waals surface area contributed by atoms with Crippen molar-refractivity contribution in [3.8, 4) is 0 Å². The van der Waals surface area contributed by atoms with Crippen molar-refractivity contribution in [3.63, 3.8) is 0 Å². The highest BCUT2D eigenvalue weighted by atomic mass is 32.2. The van der Waals surface area contributed by atoms with E-state index >= 15 is 0 Å². The number of aryl methyl sites for hydroxylation is 1. The number of hydrogen-bond acceptors (Lipinski definition) is 5. The molecular weight excluding hydrogens is 378 g/mol. The number of nitrogens with zero attached hydrogens (tertiary/aromatic N) is 2. The summed E-state index contributed by atoms with van der Waals surface area (Å²) in [5.41, 5.74) is 1.26. The van der Waals surface area contributed by atoms with E-state index in [1.807, 2.05) is 13.8 Å². The van der Waals surface area contributed by atoms with Crippen molar-refractivity contribution in [1.29, 1.82) is 0 Å². The predicted molar refractivity (Wildman–Crippen MR) is 114 cm³/mol. The second kappa shape index (κ2) is 8.35. The van der Waals surface area contributed by atoms with Gasteiger partial charge in [0.1, 0.15) is 4.83 Å². The van der Waals surface area contributed by atoms with Crippen LogP contribution in [0.25, 0.3) is 10.2 Å². The molecule has 1 aliphatic rings. The number of aromatic nitrogens is 2. The Morgan fingerprint density at radius 2 is 2.15 bits per heavy atom. The van der Waals surface area contributed by atoms with E-state index in [4.69, 9.17) is 4.98 Å². The third-order valence-corrected chi connectivity index (χ3v) is 7.54. The zero-order valence-corrected chi connectivity index (χ0v) is 18.4.